The van der Waals surface area contributed by atoms with Crippen molar-refractivity contribution < 1.29 is 9.53 Å². The molecule has 0 radical (unpaired) electrons. The lowest BCUT2D eigenvalue weighted by molar-refractivity contribution is 0.0533. The Morgan fingerprint density at radius 1 is 1.39 bits per heavy atom. The van der Waals surface area contributed by atoms with Crippen LogP contribution in [-0.4, -0.2) is 12.6 Å². The molecular formula is C13H15NO2S2. The fourth-order valence-corrected chi connectivity index (χ4v) is 3.84. The van der Waals surface area contributed by atoms with Crippen LogP contribution in [0.15, 0.2) is 10.8 Å². The summed E-state index contributed by atoms with van der Waals surface area (Å²) in [6, 6.07) is 0. The van der Waals surface area contributed by atoms with Crippen LogP contribution in [-0.2, 0) is 4.74 Å². The first kappa shape index (κ1) is 13.1. The van der Waals surface area contributed by atoms with Gasteiger partial charge in [-0.1, -0.05) is 0 Å². The van der Waals surface area contributed by atoms with Crippen molar-refractivity contribution in [1.29, 1.82) is 0 Å². The molecule has 0 saturated heterocycles. The lowest BCUT2D eigenvalue weighted by atomic mass is 10.1. The van der Waals surface area contributed by atoms with Crippen LogP contribution in [0.1, 0.15) is 27.7 Å². The van der Waals surface area contributed by atoms with Gasteiger partial charge in [0.1, 0.15) is 4.88 Å². The summed E-state index contributed by atoms with van der Waals surface area (Å²) in [4.78, 5) is 13.4. The van der Waals surface area contributed by atoms with Crippen LogP contribution < -0.4 is 5.73 Å². The molecule has 96 valence electrons. The molecule has 0 fully saturated rings. The Morgan fingerprint density at radius 3 is 2.67 bits per heavy atom. The normalized spacial score (nSPS) is 10.6. The van der Waals surface area contributed by atoms with Gasteiger partial charge in [-0.25, -0.2) is 4.79 Å². The van der Waals surface area contributed by atoms with Crippen LogP contribution >= 0.6 is 22.7 Å². The highest BCUT2D eigenvalue weighted by atomic mass is 32.1. The Labute approximate surface area is 114 Å². The van der Waals surface area contributed by atoms with E-state index in [2.05, 4.69) is 17.7 Å². The molecule has 0 saturated carbocycles. The molecule has 0 amide bonds. The standard InChI is InChI=1S/C13H15NO2S2/c1-4-16-13(15)12-10(14)8(3)11(18-12)9-6-17-5-7(9)2/h5-6H,4,14H2,1-3H3. The van der Waals surface area contributed by atoms with E-state index in [0.717, 1.165) is 16.0 Å². The summed E-state index contributed by atoms with van der Waals surface area (Å²) in [7, 11) is 0. The zero-order chi connectivity index (χ0) is 13.3. The first-order valence-corrected chi connectivity index (χ1v) is 7.41. The first-order chi connectivity index (χ1) is 8.56. The fourth-order valence-electron chi connectivity index (χ4n) is 1.72. The van der Waals surface area contributed by atoms with Gasteiger partial charge in [0.05, 0.1) is 12.3 Å². The molecule has 0 aromatic carbocycles. The molecule has 2 N–H and O–H groups in total. The number of aryl methyl sites for hydroxylation is 1. The monoisotopic (exact) mass is 281 g/mol. The number of ether oxygens (including phenoxy) is 1. The van der Waals surface area contributed by atoms with Crippen LogP contribution in [0.5, 0.6) is 0 Å². The number of rotatable bonds is 3. The Kier molecular flexibility index (Phi) is 3.73. The van der Waals surface area contributed by atoms with Crippen LogP contribution in [0.2, 0.25) is 0 Å². The molecule has 2 aromatic rings. The summed E-state index contributed by atoms with van der Waals surface area (Å²) >= 11 is 3.07. The van der Waals surface area contributed by atoms with E-state index in [9.17, 15) is 4.79 Å². The number of thiophene rings is 2. The van der Waals surface area contributed by atoms with Crippen molar-refractivity contribution >= 4 is 34.3 Å². The molecular weight excluding hydrogens is 266 g/mol. The van der Waals surface area contributed by atoms with Gasteiger partial charge in [-0.15, -0.1) is 11.3 Å². The molecule has 3 nitrogen and oxygen atoms in total. The summed E-state index contributed by atoms with van der Waals surface area (Å²) in [6.45, 7) is 6.16. The lowest BCUT2D eigenvalue weighted by Gasteiger charge is -1.99. The summed E-state index contributed by atoms with van der Waals surface area (Å²) in [5, 5.41) is 4.18. The molecule has 0 unspecified atom stereocenters. The van der Waals surface area contributed by atoms with Gasteiger partial charge in [0.25, 0.3) is 0 Å². The minimum atomic E-state index is -0.331. The average molecular weight is 281 g/mol. The molecule has 0 bridgehead atoms. The third kappa shape index (κ3) is 2.15. The Bertz CT molecular complexity index is 584. The number of hydrogen-bond donors (Lipinski definition) is 1. The maximum atomic E-state index is 11.8. The molecule has 0 aliphatic rings. The molecule has 18 heavy (non-hydrogen) atoms. The fraction of sp³-hybridized carbons (Fsp3) is 0.308. The van der Waals surface area contributed by atoms with Crippen molar-refractivity contribution in [3.8, 4) is 10.4 Å². The Hall–Kier alpha value is -1.33. The predicted molar refractivity (Wildman–Crippen MR) is 77.5 cm³/mol. The third-order valence-electron chi connectivity index (χ3n) is 2.75. The molecule has 0 aliphatic heterocycles. The van der Waals surface area contributed by atoms with Gasteiger partial charge in [0.15, 0.2) is 0 Å². The molecule has 5 heteroatoms. The molecule has 2 rings (SSSR count). The van der Waals surface area contributed by atoms with Crippen molar-refractivity contribution in [2.75, 3.05) is 12.3 Å². The number of carbonyl (C=O) groups is 1. The number of nitrogens with two attached hydrogens (primary N) is 1. The van der Waals surface area contributed by atoms with E-state index in [1.165, 1.54) is 16.9 Å². The van der Waals surface area contributed by atoms with Crippen molar-refractivity contribution in [2.24, 2.45) is 0 Å². The summed E-state index contributed by atoms with van der Waals surface area (Å²) < 4.78 is 5.02. The average Bonchev–Trinajstić information content (AvgIpc) is 2.86. The van der Waals surface area contributed by atoms with Gasteiger partial charge in [0.2, 0.25) is 0 Å². The van der Waals surface area contributed by atoms with Crippen molar-refractivity contribution in [1.82, 2.24) is 0 Å². The predicted octanol–water partition coefficient (Wildman–Crippen LogP) is 3.85. The van der Waals surface area contributed by atoms with Crippen molar-refractivity contribution in [3.05, 3.63) is 26.8 Å². The van der Waals surface area contributed by atoms with Crippen LogP contribution in [0.4, 0.5) is 5.69 Å². The van der Waals surface area contributed by atoms with Gasteiger partial charge in [0, 0.05) is 10.4 Å². The Balaban J connectivity index is 2.49. The molecule has 0 spiro atoms. The smallest absolute Gasteiger partial charge is 0.350 e. The second kappa shape index (κ2) is 5.12. The first-order valence-electron chi connectivity index (χ1n) is 5.65. The van der Waals surface area contributed by atoms with Crippen molar-refractivity contribution in [2.45, 2.75) is 20.8 Å². The maximum Gasteiger partial charge on any atom is 0.350 e. The van der Waals surface area contributed by atoms with Crippen LogP contribution in [0.3, 0.4) is 0 Å². The van der Waals surface area contributed by atoms with Crippen molar-refractivity contribution in [3.63, 3.8) is 0 Å². The maximum absolute atomic E-state index is 11.8. The highest BCUT2D eigenvalue weighted by molar-refractivity contribution is 7.18. The number of nitrogen functional groups attached to an aromatic ring is 1. The molecule has 0 aliphatic carbocycles. The summed E-state index contributed by atoms with van der Waals surface area (Å²) in [5.74, 6) is -0.331. The van der Waals surface area contributed by atoms with E-state index in [0.29, 0.717) is 17.2 Å². The van der Waals surface area contributed by atoms with E-state index >= 15 is 0 Å². The van der Waals surface area contributed by atoms with E-state index in [4.69, 9.17) is 10.5 Å². The zero-order valence-corrected chi connectivity index (χ0v) is 12.2. The second-order valence-corrected chi connectivity index (χ2v) is 5.75. The van der Waals surface area contributed by atoms with Gasteiger partial charge in [-0.2, -0.15) is 11.3 Å². The number of anilines is 1. The van der Waals surface area contributed by atoms with Gasteiger partial charge < -0.3 is 10.5 Å². The topological polar surface area (TPSA) is 52.3 Å². The second-order valence-electron chi connectivity index (χ2n) is 3.99. The van der Waals surface area contributed by atoms with Crippen LogP contribution in [0.25, 0.3) is 10.4 Å². The Morgan fingerprint density at radius 2 is 2.11 bits per heavy atom. The minimum absolute atomic E-state index is 0.331. The summed E-state index contributed by atoms with van der Waals surface area (Å²) in [5.41, 5.74) is 9.87. The highest BCUT2D eigenvalue weighted by Gasteiger charge is 2.21. The molecule has 2 aromatic heterocycles. The molecule has 2 heterocycles. The van der Waals surface area contributed by atoms with Crippen LogP contribution in [0, 0.1) is 13.8 Å². The number of carbonyl (C=O) groups excluding carboxylic acids is 1. The summed E-state index contributed by atoms with van der Waals surface area (Å²) in [6.07, 6.45) is 0. The van der Waals surface area contributed by atoms with Gasteiger partial charge >= 0.3 is 5.97 Å². The van der Waals surface area contributed by atoms with E-state index in [1.807, 2.05) is 6.92 Å². The largest absolute Gasteiger partial charge is 0.462 e. The quantitative estimate of drug-likeness (QED) is 0.869. The third-order valence-corrected chi connectivity index (χ3v) is 4.94. The highest BCUT2D eigenvalue weighted by Crippen LogP contribution is 2.40. The van der Waals surface area contributed by atoms with Gasteiger partial charge in [-0.05, 0) is 42.7 Å². The number of hydrogen-bond acceptors (Lipinski definition) is 5. The zero-order valence-electron chi connectivity index (χ0n) is 10.6. The van der Waals surface area contributed by atoms with E-state index in [1.54, 1.807) is 18.3 Å². The molecule has 0 atom stereocenters. The number of esters is 1. The SMILES string of the molecule is CCOC(=O)c1sc(-c2cscc2C)c(C)c1N. The van der Waals surface area contributed by atoms with E-state index < -0.39 is 0 Å². The van der Waals surface area contributed by atoms with Gasteiger partial charge in [-0.3, -0.25) is 0 Å². The minimum Gasteiger partial charge on any atom is -0.462 e. The lowest BCUT2D eigenvalue weighted by Crippen LogP contribution is -2.05. The van der Waals surface area contributed by atoms with E-state index in [-0.39, 0.29) is 5.97 Å².